The number of ether oxygens (including phenoxy) is 1. The molecule has 3 fully saturated rings. The molecule has 1 saturated heterocycles. The molecule has 0 bridgehead atoms. The van der Waals surface area contributed by atoms with Gasteiger partial charge in [-0.05, 0) is 86.2 Å². The van der Waals surface area contributed by atoms with E-state index < -0.39 is 0 Å². The van der Waals surface area contributed by atoms with Crippen LogP contribution in [0.3, 0.4) is 0 Å². The van der Waals surface area contributed by atoms with Crippen molar-refractivity contribution < 1.29 is 4.74 Å². The second-order valence-electron chi connectivity index (χ2n) is 11.5. The Hall–Kier alpha value is -0.860. The van der Waals surface area contributed by atoms with Gasteiger partial charge in [0.05, 0.1) is 13.3 Å². The van der Waals surface area contributed by atoms with Crippen LogP contribution in [0.5, 0.6) is 0 Å². The SMILES string of the molecule is C=C[C@H]1CC[C@@]2(C)[C@@H]3CC[C@H]4C[C@]5(C)COCN(C)[C@H]5CC4=CC3=CC[C@]12C. The molecule has 0 radical (unpaired) electrons. The summed E-state index contributed by atoms with van der Waals surface area (Å²) in [6.45, 7) is 13.6. The van der Waals surface area contributed by atoms with Crippen LogP contribution in [0.2, 0.25) is 0 Å². The number of fused-ring (bicyclic) bond motifs is 5. The van der Waals surface area contributed by atoms with Crippen LogP contribution in [0.4, 0.5) is 0 Å². The molecule has 5 rings (SSSR count). The van der Waals surface area contributed by atoms with Crippen molar-refractivity contribution in [2.24, 2.45) is 34.0 Å². The lowest BCUT2D eigenvalue weighted by atomic mass is 9.52. The van der Waals surface area contributed by atoms with Crippen molar-refractivity contribution >= 4 is 0 Å². The number of hydrogen-bond acceptors (Lipinski definition) is 2. The summed E-state index contributed by atoms with van der Waals surface area (Å²) in [6.07, 6.45) is 16.8. The summed E-state index contributed by atoms with van der Waals surface area (Å²) >= 11 is 0. The third-order valence-electron chi connectivity index (χ3n) is 10.2. The van der Waals surface area contributed by atoms with Gasteiger partial charge in [-0.1, -0.05) is 44.6 Å². The van der Waals surface area contributed by atoms with Gasteiger partial charge in [-0.15, -0.1) is 6.58 Å². The van der Waals surface area contributed by atoms with E-state index >= 15 is 0 Å². The van der Waals surface area contributed by atoms with Crippen molar-refractivity contribution in [1.29, 1.82) is 0 Å². The molecule has 0 amide bonds. The molecule has 0 aromatic heterocycles. The average Bonchev–Trinajstić information content (AvgIpc) is 2.80. The average molecular weight is 382 g/mol. The normalized spacial score (nSPS) is 51.0. The summed E-state index contributed by atoms with van der Waals surface area (Å²) in [5.41, 5.74) is 4.57. The van der Waals surface area contributed by atoms with Gasteiger partial charge in [0.2, 0.25) is 0 Å². The Kier molecular flexibility index (Phi) is 4.31. The van der Waals surface area contributed by atoms with Crippen LogP contribution in [-0.2, 0) is 4.74 Å². The van der Waals surface area contributed by atoms with Crippen molar-refractivity contribution in [1.82, 2.24) is 4.90 Å². The second-order valence-corrected chi connectivity index (χ2v) is 11.5. The van der Waals surface area contributed by atoms with Crippen LogP contribution in [0.15, 0.2) is 36.0 Å². The van der Waals surface area contributed by atoms with E-state index in [1.165, 1.54) is 44.9 Å². The lowest BCUT2D eigenvalue weighted by Gasteiger charge is -2.52. The Morgan fingerprint density at radius 1 is 1.18 bits per heavy atom. The summed E-state index contributed by atoms with van der Waals surface area (Å²) in [6, 6.07) is 0.641. The van der Waals surface area contributed by atoms with E-state index in [2.05, 4.69) is 57.5 Å². The van der Waals surface area contributed by atoms with Gasteiger partial charge in [-0.25, -0.2) is 0 Å². The third kappa shape index (κ3) is 2.46. The van der Waals surface area contributed by atoms with Crippen molar-refractivity contribution in [2.45, 2.75) is 71.8 Å². The molecule has 2 saturated carbocycles. The van der Waals surface area contributed by atoms with E-state index in [9.17, 15) is 0 Å². The van der Waals surface area contributed by atoms with Crippen molar-refractivity contribution in [3.8, 4) is 0 Å². The summed E-state index contributed by atoms with van der Waals surface area (Å²) in [7, 11) is 2.25. The van der Waals surface area contributed by atoms with Gasteiger partial charge in [0.15, 0.2) is 0 Å². The molecule has 0 aromatic carbocycles. The first-order valence-electron chi connectivity index (χ1n) is 11.6. The molecule has 1 aliphatic heterocycles. The van der Waals surface area contributed by atoms with Crippen LogP contribution in [0, 0.1) is 34.0 Å². The largest absolute Gasteiger partial charge is 0.365 e. The molecule has 154 valence electrons. The fourth-order valence-corrected chi connectivity index (χ4v) is 8.17. The molecule has 7 atom stereocenters. The molecule has 2 heteroatoms. The van der Waals surface area contributed by atoms with E-state index in [1.54, 1.807) is 11.1 Å². The molecule has 0 N–H and O–H groups in total. The highest BCUT2D eigenvalue weighted by Gasteiger charge is 2.59. The van der Waals surface area contributed by atoms with E-state index in [0.29, 0.717) is 28.2 Å². The molecule has 28 heavy (non-hydrogen) atoms. The van der Waals surface area contributed by atoms with Crippen LogP contribution in [-0.4, -0.2) is 31.3 Å². The van der Waals surface area contributed by atoms with Gasteiger partial charge < -0.3 is 4.74 Å². The zero-order chi connectivity index (χ0) is 19.7. The van der Waals surface area contributed by atoms with Crippen LogP contribution in [0.1, 0.15) is 65.7 Å². The molecule has 0 aromatic rings. The Morgan fingerprint density at radius 2 is 2.00 bits per heavy atom. The second kappa shape index (κ2) is 6.32. The molecular weight excluding hydrogens is 342 g/mol. The fourth-order valence-electron chi connectivity index (χ4n) is 8.17. The van der Waals surface area contributed by atoms with Gasteiger partial charge in [0.1, 0.15) is 0 Å². The molecule has 1 heterocycles. The number of rotatable bonds is 1. The molecule has 5 aliphatic rings. The molecular formula is C26H39NO. The molecule has 2 nitrogen and oxygen atoms in total. The Bertz CT molecular complexity index is 737. The molecule has 0 spiro atoms. The minimum absolute atomic E-state index is 0.318. The lowest BCUT2D eigenvalue weighted by molar-refractivity contribution is -0.129. The smallest absolute Gasteiger partial charge is 0.0990 e. The highest BCUT2D eigenvalue weighted by molar-refractivity contribution is 5.37. The van der Waals surface area contributed by atoms with E-state index in [0.717, 1.165) is 25.2 Å². The summed E-state index contributed by atoms with van der Waals surface area (Å²) in [5, 5.41) is 0. The number of allylic oxidation sites excluding steroid dienone is 4. The van der Waals surface area contributed by atoms with Crippen LogP contribution < -0.4 is 0 Å². The summed E-state index contributed by atoms with van der Waals surface area (Å²) in [4.78, 5) is 2.46. The van der Waals surface area contributed by atoms with E-state index in [-0.39, 0.29) is 0 Å². The monoisotopic (exact) mass is 381 g/mol. The van der Waals surface area contributed by atoms with E-state index in [4.69, 9.17) is 4.74 Å². The van der Waals surface area contributed by atoms with Crippen molar-refractivity contribution in [3.05, 3.63) is 36.0 Å². The fraction of sp³-hybridized carbons (Fsp3) is 0.769. The number of hydrogen-bond donors (Lipinski definition) is 0. The van der Waals surface area contributed by atoms with Crippen molar-refractivity contribution in [2.75, 3.05) is 20.4 Å². The predicted octanol–water partition coefficient (Wildman–Crippen LogP) is 5.97. The van der Waals surface area contributed by atoms with Gasteiger partial charge >= 0.3 is 0 Å². The maximum atomic E-state index is 5.96. The summed E-state index contributed by atoms with van der Waals surface area (Å²) in [5.74, 6) is 2.17. The van der Waals surface area contributed by atoms with Gasteiger partial charge in [0.25, 0.3) is 0 Å². The summed E-state index contributed by atoms with van der Waals surface area (Å²) < 4.78 is 5.96. The van der Waals surface area contributed by atoms with Crippen LogP contribution >= 0.6 is 0 Å². The Labute approximate surface area is 172 Å². The minimum atomic E-state index is 0.318. The topological polar surface area (TPSA) is 12.5 Å². The maximum Gasteiger partial charge on any atom is 0.0990 e. The predicted molar refractivity (Wildman–Crippen MR) is 116 cm³/mol. The lowest BCUT2D eigenvalue weighted by Crippen LogP contribution is -2.55. The molecule has 0 unspecified atom stereocenters. The van der Waals surface area contributed by atoms with Gasteiger partial charge in [0, 0.05) is 11.5 Å². The number of nitrogens with zero attached hydrogens (tertiary/aromatic N) is 1. The zero-order valence-electron chi connectivity index (χ0n) is 18.5. The highest BCUT2D eigenvalue weighted by atomic mass is 16.5. The van der Waals surface area contributed by atoms with Crippen LogP contribution in [0.25, 0.3) is 0 Å². The zero-order valence-corrected chi connectivity index (χ0v) is 18.5. The van der Waals surface area contributed by atoms with E-state index in [1.807, 2.05) is 0 Å². The van der Waals surface area contributed by atoms with Crippen molar-refractivity contribution in [3.63, 3.8) is 0 Å². The first-order valence-corrected chi connectivity index (χ1v) is 11.6. The Balaban J connectivity index is 1.49. The standard InChI is InChI=1S/C26H39NO/c1-6-21-10-12-26(4)22-8-7-19-15-24(2)16-28-17-27(5)23(24)14-20(19)13-18(22)9-11-25(21,26)3/h6,9,13,19,21-23H,1,7-8,10-12,14-17H2,2-5H3/t19-,21-,22+,23-,24+,25+,26-/m0/s1. The van der Waals surface area contributed by atoms with Gasteiger partial charge in [-0.2, -0.15) is 0 Å². The first-order chi connectivity index (χ1) is 13.3. The quantitative estimate of drug-likeness (QED) is 0.519. The van der Waals surface area contributed by atoms with Gasteiger partial charge in [-0.3, -0.25) is 4.90 Å². The maximum absolute atomic E-state index is 5.96. The first kappa shape index (κ1) is 19.1. The Morgan fingerprint density at radius 3 is 2.79 bits per heavy atom. The third-order valence-corrected chi connectivity index (χ3v) is 10.2. The minimum Gasteiger partial charge on any atom is -0.365 e. The highest BCUT2D eigenvalue weighted by Crippen LogP contribution is 2.67. The molecule has 4 aliphatic carbocycles.